The van der Waals surface area contributed by atoms with E-state index in [4.69, 9.17) is 34.3 Å². The van der Waals surface area contributed by atoms with Gasteiger partial charge in [-0.25, -0.2) is 14.5 Å². The minimum atomic E-state index is 0. The van der Waals surface area contributed by atoms with Crippen molar-refractivity contribution in [2.45, 2.75) is 31.6 Å². The second-order valence-corrected chi connectivity index (χ2v) is 9.21. The van der Waals surface area contributed by atoms with Crippen molar-refractivity contribution in [3.05, 3.63) is 34.5 Å². The van der Waals surface area contributed by atoms with Gasteiger partial charge in [0.2, 0.25) is 0 Å². The highest BCUT2D eigenvalue weighted by Gasteiger charge is 2.17. The Balaban J connectivity index is 0. The fourth-order valence-electron chi connectivity index (χ4n) is 3.27. The molecular formula is C23H44Cl3N8+. The molecule has 196 valence electrons. The summed E-state index contributed by atoms with van der Waals surface area (Å²) in [6.07, 6.45) is 12.8. The number of alkyl halides is 1. The van der Waals surface area contributed by atoms with Gasteiger partial charge >= 0.3 is 0 Å². The van der Waals surface area contributed by atoms with Crippen LogP contribution < -0.4 is 16.4 Å². The van der Waals surface area contributed by atoms with Crippen LogP contribution in [0, 0.1) is 11.3 Å². The van der Waals surface area contributed by atoms with Crippen LogP contribution in [-0.2, 0) is 0 Å². The summed E-state index contributed by atoms with van der Waals surface area (Å²) in [6, 6.07) is 0. The molecule has 0 spiro atoms. The molecule has 3 heterocycles. The predicted molar refractivity (Wildman–Crippen MR) is 149 cm³/mol. The summed E-state index contributed by atoms with van der Waals surface area (Å²) in [5.74, 6) is 2.16. The van der Waals surface area contributed by atoms with Crippen molar-refractivity contribution >= 4 is 46.9 Å². The third kappa shape index (κ3) is 16.2. The number of rotatable bonds is 4. The fraction of sp³-hybridized carbons (Fsp3) is 0.652. The predicted octanol–water partition coefficient (Wildman–Crippen LogP) is 3.59. The SMILES string of the molecule is CCl.CN(C)/C=C(\Cl)C=[N+](C)C.Clc1cnc(C2CCNCC2)nc1.N=C(N)C1CCNCC1.[2HH]. The van der Waals surface area contributed by atoms with Crippen molar-refractivity contribution in [1.82, 2.24) is 25.5 Å². The van der Waals surface area contributed by atoms with Crippen LogP contribution >= 0.6 is 34.8 Å². The molecule has 5 N–H and O–H groups in total. The molecule has 0 radical (unpaired) electrons. The summed E-state index contributed by atoms with van der Waals surface area (Å²) in [4.78, 5) is 10.4. The van der Waals surface area contributed by atoms with Crippen molar-refractivity contribution in [2.75, 3.05) is 60.8 Å². The monoisotopic (exact) mass is 538 g/mol. The summed E-state index contributed by atoms with van der Waals surface area (Å²) in [5.41, 5.74) is 5.32. The second kappa shape index (κ2) is 19.8. The average molecular weight is 540 g/mol. The molecule has 2 fully saturated rings. The van der Waals surface area contributed by atoms with Crippen molar-refractivity contribution in [1.29, 1.82) is 5.41 Å². The molecule has 0 aromatic carbocycles. The Bertz CT molecular complexity index is 729. The van der Waals surface area contributed by atoms with Crippen LogP contribution in [0.4, 0.5) is 0 Å². The number of hydrogen-bond donors (Lipinski definition) is 4. The molecule has 0 atom stereocenters. The van der Waals surface area contributed by atoms with Crippen LogP contribution in [0.3, 0.4) is 0 Å². The van der Waals surface area contributed by atoms with E-state index in [-0.39, 0.29) is 1.43 Å². The maximum atomic E-state index is 7.14. The fourth-order valence-corrected chi connectivity index (χ4v) is 3.76. The number of aromatic nitrogens is 2. The molecule has 2 aliphatic heterocycles. The number of halogens is 3. The highest BCUT2D eigenvalue weighted by Crippen LogP contribution is 2.21. The van der Waals surface area contributed by atoms with Gasteiger partial charge in [-0.2, -0.15) is 0 Å². The molecule has 11 heteroatoms. The average Bonchev–Trinajstić information content (AvgIpc) is 2.82. The number of piperidine rings is 2. The van der Waals surface area contributed by atoms with Crippen LogP contribution in [-0.4, -0.2) is 92.2 Å². The van der Waals surface area contributed by atoms with Gasteiger partial charge in [0.1, 0.15) is 25.0 Å². The molecule has 0 amide bonds. The van der Waals surface area contributed by atoms with Gasteiger partial charge in [-0.15, -0.1) is 11.6 Å². The minimum Gasteiger partial charge on any atom is -0.387 e. The molecular weight excluding hydrogens is 495 g/mol. The Morgan fingerprint density at radius 2 is 1.56 bits per heavy atom. The third-order valence-electron chi connectivity index (χ3n) is 4.89. The van der Waals surface area contributed by atoms with Crippen molar-refractivity contribution in [3.63, 3.8) is 0 Å². The lowest BCUT2D eigenvalue weighted by molar-refractivity contribution is -0.458. The topological polar surface area (TPSA) is 106 Å². The zero-order valence-corrected chi connectivity index (χ0v) is 23.4. The molecule has 0 aliphatic carbocycles. The molecule has 2 aliphatic rings. The van der Waals surface area contributed by atoms with Gasteiger partial charge < -0.3 is 21.3 Å². The quantitative estimate of drug-likeness (QED) is 0.202. The van der Waals surface area contributed by atoms with Gasteiger partial charge in [0.05, 0.1) is 10.9 Å². The van der Waals surface area contributed by atoms with Crippen LogP contribution in [0.15, 0.2) is 23.6 Å². The zero-order valence-electron chi connectivity index (χ0n) is 21.1. The van der Waals surface area contributed by atoms with Gasteiger partial charge in [0.15, 0.2) is 6.21 Å². The van der Waals surface area contributed by atoms with Crippen LogP contribution in [0.1, 0.15) is 38.9 Å². The largest absolute Gasteiger partial charge is 0.387 e. The molecule has 0 bridgehead atoms. The third-order valence-corrected chi connectivity index (χ3v) is 5.28. The Morgan fingerprint density at radius 1 is 1.09 bits per heavy atom. The molecule has 2 saturated heterocycles. The molecule has 1 aromatic rings. The standard InChI is InChI=1S/C9H12ClN3.C7H14ClN2.C6H13N3.CH3Cl.H2/c10-8-5-12-9(13-6-8)7-1-3-11-4-2-7;1-9(2)5-7(8)6-10(3)4;7-6(8)5-1-3-9-4-2-5;1-2;/h5-7,11H,1-4H2;5-6H,1-4H3;5,9H,1-4H2,(H3,7,8);1H3;1H/q;+1;;;/i;;;;1+1. The number of nitrogens with one attached hydrogen (secondary N) is 3. The number of amidine groups is 1. The van der Waals surface area contributed by atoms with E-state index in [9.17, 15) is 0 Å². The molecule has 34 heavy (non-hydrogen) atoms. The number of hydrogen-bond acceptors (Lipinski definition) is 6. The van der Waals surface area contributed by atoms with E-state index in [0.29, 0.717) is 22.7 Å². The van der Waals surface area contributed by atoms with Crippen LogP contribution in [0.5, 0.6) is 0 Å². The molecule has 8 nitrogen and oxygen atoms in total. The Morgan fingerprint density at radius 3 is 1.94 bits per heavy atom. The Hall–Kier alpha value is -1.45. The molecule has 1 aromatic heterocycles. The lowest BCUT2D eigenvalue weighted by Crippen LogP contribution is -2.34. The zero-order chi connectivity index (χ0) is 25.9. The van der Waals surface area contributed by atoms with Crippen LogP contribution in [0.2, 0.25) is 5.02 Å². The smallest absolute Gasteiger partial charge is 0.183 e. The van der Waals surface area contributed by atoms with Crippen LogP contribution in [0.25, 0.3) is 0 Å². The first-order valence-electron chi connectivity index (χ1n) is 11.3. The van der Waals surface area contributed by atoms with Gasteiger partial charge in [-0.1, -0.05) is 23.2 Å². The van der Waals surface area contributed by atoms with E-state index in [1.807, 2.05) is 50.1 Å². The first-order valence-corrected chi connectivity index (χ1v) is 12.9. The maximum absolute atomic E-state index is 7.14. The van der Waals surface area contributed by atoms with E-state index >= 15 is 0 Å². The van der Waals surface area contributed by atoms with Gasteiger partial charge in [-0.3, -0.25) is 5.41 Å². The minimum absolute atomic E-state index is 0. The number of allylic oxidation sites excluding steroid dienone is 1. The summed E-state index contributed by atoms with van der Waals surface area (Å²) in [6.45, 7) is 4.17. The maximum Gasteiger partial charge on any atom is 0.183 e. The van der Waals surface area contributed by atoms with Crippen molar-refractivity contribution in [3.8, 4) is 0 Å². The molecule has 0 saturated carbocycles. The molecule has 3 rings (SSSR count). The normalized spacial score (nSPS) is 16.4. The Labute approximate surface area is 222 Å². The van der Waals surface area contributed by atoms with Crippen molar-refractivity contribution < 1.29 is 6.00 Å². The molecule has 0 unspecified atom stereocenters. The number of nitrogens with two attached hydrogens (primary N) is 1. The lowest BCUT2D eigenvalue weighted by Gasteiger charge is -2.20. The van der Waals surface area contributed by atoms with Gasteiger partial charge in [0, 0.05) is 52.3 Å². The first kappa shape index (κ1) is 32.5. The summed E-state index contributed by atoms with van der Waals surface area (Å²) < 4.78 is 1.91. The summed E-state index contributed by atoms with van der Waals surface area (Å²) >= 11 is 16.1. The second-order valence-electron chi connectivity index (χ2n) is 8.33. The van der Waals surface area contributed by atoms with Crippen molar-refractivity contribution in [2.24, 2.45) is 11.7 Å². The van der Waals surface area contributed by atoms with Gasteiger partial charge in [-0.05, 0) is 51.9 Å². The summed E-state index contributed by atoms with van der Waals surface area (Å²) in [5, 5.41) is 15.0. The highest BCUT2D eigenvalue weighted by molar-refractivity contribution is 6.38. The number of nitrogens with zero attached hydrogens (tertiary/aromatic N) is 4. The lowest BCUT2D eigenvalue weighted by atomic mass is 9.97. The first-order chi connectivity index (χ1) is 16.2. The summed E-state index contributed by atoms with van der Waals surface area (Å²) in [7, 11) is 7.75. The van der Waals surface area contributed by atoms with E-state index in [1.54, 1.807) is 12.4 Å². The van der Waals surface area contributed by atoms with E-state index in [1.165, 1.54) is 6.38 Å². The van der Waals surface area contributed by atoms with E-state index in [0.717, 1.165) is 62.7 Å². The highest BCUT2D eigenvalue weighted by atomic mass is 35.5. The van der Waals surface area contributed by atoms with Gasteiger partial charge in [0.25, 0.3) is 0 Å². The Kier molecular flexibility index (Phi) is 19.0. The van der Waals surface area contributed by atoms with E-state index in [2.05, 4.69) is 32.2 Å². The van der Waals surface area contributed by atoms with E-state index < -0.39 is 0 Å².